The van der Waals surface area contributed by atoms with Crippen molar-refractivity contribution in [3.63, 3.8) is 0 Å². The van der Waals surface area contributed by atoms with Crippen LogP contribution in [0.1, 0.15) is 28.8 Å². The highest BCUT2D eigenvalue weighted by molar-refractivity contribution is 6.05. The van der Waals surface area contributed by atoms with Gasteiger partial charge in [0.1, 0.15) is 0 Å². The molecule has 3 N–H and O–H groups in total. The minimum absolute atomic E-state index is 0. The molecule has 0 atom stereocenters. The molecule has 1 aliphatic rings. The number of amides is 2. The number of hydrogen-bond acceptors (Lipinski definition) is 4. The second-order valence-corrected chi connectivity index (χ2v) is 6.34. The first kappa shape index (κ1) is 22.9. The number of rotatable bonds is 7. The van der Waals surface area contributed by atoms with Crippen LogP contribution in [-0.2, 0) is 4.79 Å². The summed E-state index contributed by atoms with van der Waals surface area (Å²) >= 11 is 0. The third-order valence-electron chi connectivity index (χ3n) is 4.13. The summed E-state index contributed by atoms with van der Waals surface area (Å²) < 4.78 is 0. The van der Waals surface area contributed by atoms with E-state index in [1.807, 2.05) is 19.1 Å². The number of halogens is 2. The smallest absolute Gasteiger partial charge is 0.255 e. The van der Waals surface area contributed by atoms with Crippen LogP contribution in [0.3, 0.4) is 0 Å². The number of nitrogens with zero attached hydrogens (tertiary/aromatic N) is 1. The van der Waals surface area contributed by atoms with Crippen LogP contribution in [-0.4, -0.2) is 29.9 Å². The van der Waals surface area contributed by atoms with Crippen LogP contribution in [0.15, 0.2) is 42.7 Å². The van der Waals surface area contributed by atoms with Crippen molar-refractivity contribution in [3.8, 4) is 0 Å². The van der Waals surface area contributed by atoms with Crippen molar-refractivity contribution in [3.05, 3.63) is 53.9 Å². The molecule has 2 amide bonds. The van der Waals surface area contributed by atoms with Gasteiger partial charge >= 0.3 is 0 Å². The first-order chi connectivity index (χ1) is 12.1. The van der Waals surface area contributed by atoms with E-state index in [1.165, 1.54) is 12.8 Å². The number of hydrogen-bond donors (Lipinski definition) is 3. The Labute approximate surface area is 171 Å². The van der Waals surface area contributed by atoms with E-state index in [0.717, 1.165) is 18.0 Å². The number of carbonyl (C=O) groups excluding carboxylic acids is 2. The molecule has 1 aromatic carbocycles. The maximum absolute atomic E-state index is 12.3. The molecule has 1 aromatic heterocycles. The van der Waals surface area contributed by atoms with Crippen LogP contribution in [0.4, 0.5) is 11.4 Å². The summed E-state index contributed by atoms with van der Waals surface area (Å²) in [5.74, 6) is 0.443. The molecule has 0 unspecified atom stereocenters. The summed E-state index contributed by atoms with van der Waals surface area (Å²) in [5.41, 5.74) is 2.79. The SMILES string of the molecule is Cc1ccc(NC(=O)CNCC2CC2)cc1NC(=O)c1ccncc1.Cl.Cl. The van der Waals surface area contributed by atoms with E-state index >= 15 is 0 Å². The minimum Gasteiger partial charge on any atom is -0.325 e. The summed E-state index contributed by atoms with van der Waals surface area (Å²) in [6, 6.07) is 8.78. The molecule has 1 saturated carbocycles. The fraction of sp³-hybridized carbons (Fsp3) is 0.316. The van der Waals surface area contributed by atoms with Gasteiger partial charge < -0.3 is 16.0 Å². The highest BCUT2D eigenvalue weighted by Crippen LogP contribution is 2.27. The number of pyridine rings is 1. The quantitative estimate of drug-likeness (QED) is 0.652. The Morgan fingerprint density at radius 3 is 2.44 bits per heavy atom. The molecule has 0 radical (unpaired) electrons. The Kier molecular flexibility index (Phi) is 9.21. The van der Waals surface area contributed by atoms with Crippen molar-refractivity contribution in [2.45, 2.75) is 19.8 Å². The lowest BCUT2D eigenvalue weighted by molar-refractivity contribution is -0.115. The predicted octanol–water partition coefficient (Wildman–Crippen LogP) is 3.42. The van der Waals surface area contributed by atoms with E-state index in [2.05, 4.69) is 20.9 Å². The van der Waals surface area contributed by atoms with Gasteiger partial charge in [-0.15, -0.1) is 24.8 Å². The van der Waals surface area contributed by atoms with Gasteiger partial charge in [-0.25, -0.2) is 0 Å². The topological polar surface area (TPSA) is 83.1 Å². The third kappa shape index (κ3) is 7.17. The molecule has 146 valence electrons. The van der Waals surface area contributed by atoms with Crippen LogP contribution >= 0.6 is 24.8 Å². The number of aromatic nitrogens is 1. The Bertz CT molecular complexity index is 768. The van der Waals surface area contributed by atoms with Crippen molar-refractivity contribution in [2.75, 3.05) is 23.7 Å². The van der Waals surface area contributed by atoms with Gasteiger partial charge in [0.05, 0.1) is 6.54 Å². The van der Waals surface area contributed by atoms with Gasteiger partial charge in [0.15, 0.2) is 0 Å². The minimum atomic E-state index is -0.208. The largest absolute Gasteiger partial charge is 0.325 e. The first-order valence-electron chi connectivity index (χ1n) is 8.44. The number of carbonyl (C=O) groups is 2. The molecular weight excluding hydrogens is 387 g/mol. The Balaban J connectivity index is 0.00000182. The van der Waals surface area contributed by atoms with Crippen LogP contribution in [0.25, 0.3) is 0 Å². The maximum Gasteiger partial charge on any atom is 0.255 e. The molecule has 1 aliphatic carbocycles. The molecule has 1 fully saturated rings. The highest BCUT2D eigenvalue weighted by Gasteiger charge is 2.20. The van der Waals surface area contributed by atoms with E-state index in [1.54, 1.807) is 30.6 Å². The Morgan fingerprint density at radius 1 is 1.07 bits per heavy atom. The molecule has 0 aliphatic heterocycles. The summed E-state index contributed by atoms with van der Waals surface area (Å²) in [5, 5.41) is 8.89. The zero-order valence-corrected chi connectivity index (χ0v) is 16.7. The number of benzene rings is 1. The highest BCUT2D eigenvalue weighted by atomic mass is 35.5. The van der Waals surface area contributed by atoms with E-state index in [4.69, 9.17) is 0 Å². The standard InChI is InChI=1S/C19H22N4O2.2ClH/c1-13-2-5-16(22-18(24)12-21-11-14-3-4-14)10-17(13)23-19(25)15-6-8-20-9-7-15;;/h2,5-10,14,21H,3-4,11-12H2,1H3,(H,22,24)(H,23,25);2*1H. The average Bonchev–Trinajstić information content (AvgIpc) is 3.43. The van der Waals surface area contributed by atoms with Gasteiger partial charge in [0, 0.05) is 29.3 Å². The van der Waals surface area contributed by atoms with Crippen molar-refractivity contribution in [2.24, 2.45) is 5.92 Å². The van der Waals surface area contributed by atoms with Gasteiger partial charge in [-0.1, -0.05) is 6.07 Å². The molecule has 0 bridgehead atoms. The number of anilines is 2. The monoisotopic (exact) mass is 410 g/mol. The number of aryl methyl sites for hydroxylation is 1. The molecule has 27 heavy (non-hydrogen) atoms. The van der Waals surface area contributed by atoms with Crippen molar-refractivity contribution < 1.29 is 9.59 Å². The Hall–Kier alpha value is -2.15. The first-order valence-corrected chi connectivity index (χ1v) is 8.44. The van der Waals surface area contributed by atoms with E-state index in [0.29, 0.717) is 23.5 Å². The van der Waals surface area contributed by atoms with Crippen molar-refractivity contribution >= 4 is 48.0 Å². The molecule has 0 saturated heterocycles. The van der Waals surface area contributed by atoms with Gasteiger partial charge in [0.25, 0.3) is 5.91 Å². The van der Waals surface area contributed by atoms with Crippen LogP contribution in [0.5, 0.6) is 0 Å². The zero-order chi connectivity index (χ0) is 17.6. The lowest BCUT2D eigenvalue weighted by atomic mass is 10.1. The summed E-state index contributed by atoms with van der Waals surface area (Å²) in [6.45, 7) is 3.10. The lowest BCUT2D eigenvalue weighted by Gasteiger charge is -2.12. The fourth-order valence-corrected chi connectivity index (χ4v) is 2.45. The van der Waals surface area contributed by atoms with Gasteiger partial charge in [-0.3, -0.25) is 14.6 Å². The molecule has 1 heterocycles. The van der Waals surface area contributed by atoms with Crippen molar-refractivity contribution in [1.29, 1.82) is 0 Å². The van der Waals surface area contributed by atoms with Crippen LogP contribution in [0, 0.1) is 12.8 Å². The molecule has 8 heteroatoms. The zero-order valence-electron chi connectivity index (χ0n) is 15.0. The molecule has 6 nitrogen and oxygen atoms in total. The van der Waals surface area contributed by atoms with Gasteiger partial charge in [-0.05, 0) is 62.1 Å². The second kappa shape index (κ2) is 10.9. The second-order valence-electron chi connectivity index (χ2n) is 6.34. The van der Waals surface area contributed by atoms with E-state index < -0.39 is 0 Å². The van der Waals surface area contributed by atoms with Gasteiger partial charge in [0.2, 0.25) is 5.91 Å². The molecule has 0 spiro atoms. The summed E-state index contributed by atoms with van der Waals surface area (Å²) in [6.07, 6.45) is 5.67. The van der Waals surface area contributed by atoms with E-state index in [-0.39, 0.29) is 36.6 Å². The predicted molar refractivity (Wildman–Crippen MR) is 112 cm³/mol. The summed E-state index contributed by atoms with van der Waals surface area (Å²) in [7, 11) is 0. The van der Waals surface area contributed by atoms with Crippen LogP contribution < -0.4 is 16.0 Å². The number of nitrogens with one attached hydrogen (secondary N) is 3. The fourth-order valence-electron chi connectivity index (χ4n) is 2.45. The van der Waals surface area contributed by atoms with E-state index in [9.17, 15) is 9.59 Å². The average molecular weight is 411 g/mol. The molecular formula is C19H24Cl2N4O2. The third-order valence-corrected chi connectivity index (χ3v) is 4.13. The van der Waals surface area contributed by atoms with Crippen molar-refractivity contribution in [1.82, 2.24) is 10.3 Å². The molecule has 2 aromatic rings. The summed E-state index contributed by atoms with van der Waals surface area (Å²) in [4.78, 5) is 28.2. The Morgan fingerprint density at radius 2 is 1.78 bits per heavy atom. The van der Waals surface area contributed by atoms with Crippen LogP contribution in [0.2, 0.25) is 0 Å². The normalized spacial score (nSPS) is 12.3. The molecule has 3 rings (SSSR count). The lowest BCUT2D eigenvalue weighted by Crippen LogP contribution is -2.29. The maximum atomic E-state index is 12.3. The van der Waals surface area contributed by atoms with Gasteiger partial charge in [-0.2, -0.15) is 0 Å².